The Morgan fingerprint density at radius 3 is 1.47 bits per heavy atom. The normalized spacial score (nSPS) is 14.6. The number of ether oxygens (including phenoxy) is 1. The maximum Gasteiger partial charge on any atom is 0.343 e. The zero-order valence-electron chi connectivity index (χ0n) is 33.1. The molecule has 1 fully saturated rings. The van der Waals surface area contributed by atoms with Gasteiger partial charge in [-0.3, -0.25) is 0 Å². The van der Waals surface area contributed by atoms with Gasteiger partial charge in [-0.2, -0.15) is 0 Å². The lowest BCUT2D eigenvalue weighted by molar-refractivity contribution is 0.0697. The van der Waals surface area contributed by atoms with E-state index in [0.717, 1.165) is 18.4 Å². The first-order chi connectivity index (χ1) is 22.1. The van der Waals surface area contributed by atoms with Gasteiger partial charge in [0.15, 0.2) is 0 Å². The number of carboxylic acid groups (broad SMARTS) is 1. The highest BCUT2D eigenvalue weighted by Crippen LogP contribution is 2.50. The van der Waals surface area contributed by atoms with Crippen LogP contribution < -0.4 is 4.74 Å². The van der Waals surface area contributed by atoms with Crippen LogP contribution in [0.5, 0.6) is 11.5 Å². The standard InChI is InChI=1S/C40H52O5.C4H9/c1-36(2,3)27-20-24(21-28(32(27)41)37(4,5)6)35(44)45-33-29(38(7,8)9)22-26(34(42)43)30(31(33)39(10,11)12)23-14-16-25(17-15-23)40(13)18-19-40;1-4(2)3/h14-17,20-22,41H,18-19H2,1-13H3,(H,42,43);1-3H3. The summed E-state index contributed by atoms with van der Waals surface area (Å²) in [6, 6.07) is 13.3. The Balaban J connectivity index is 0.00000154. The van der Waals surface area contributed by atoms with Crippen molar-refractivity contribution >= 4 is 11.9 Å². The Hall–Kier alpha value is -3.60. The molecular weight excluding hydrogens is 608 g/mol. The van der Waals surface area contributed by atoms with Gasteiger partial charge in [0.05, 0.1) is 11.1 Å². The van der Waals surface area contributed by atoms with Crippen LogP contribution >= 0.6 is 0 Å². The highest BCUT2D eigenvalue weighted by molar-refractivity contribution is 6.00. The van der Waals surface area contributed by atoms with Crippen LogP contribution in [0.3, 0.4) is 0 Å². The highest BCUT2D eigenvalue weighted by Gasteiger charge is 2.39. The summed E-state index contributed by atoms with van der Waals surface area (Å²) < 4.78 is 6.46. The number of phenolic OH excluding ortho intramolecular Hbond substituents is 1. The SMILES string of the molecule is CC(C)(C)c1cc(C(=O)Oc2c(C(C)(C)C)cc(C(=O)O)c(-c3ccc(C4(C)CC4)cc3)c2C(C)(C)C)cc(C(C)(C)C)c1O.C[C](C)C. The van der Waals surface area contributed by atoms with Crippen molar-refractivity contribution in [1.82, 2.24) is 0 Å². The quantitative estimate of drug-likeness (QED) is 0.209. The lowest BCUT2D eigenvalue weighted by Crippen LogP contribution is -2.25. The number of aromatic carboxylic acids is 1. The molecule has 1 saturated carbocycles. The summed E-state index contributed by atoms with van der Waals surface area (Å²) in [5.74, 6) is 0.420. The Labute approximate surface area is 296 Å². The van der Waals surface area contributed by atoms with Crippen LogP contribution in [-0.4, -0.2) is 22.2 Å². The summed E-state index contributed by atoms with van der Waals surface area (Å²) in [6.45, 7) is 32.6. The Morgan fingerprint density at radius 1 is 0.694 bits per heavy atom. The number of carboxylic acids is 1. The van der Waals surface area contributed by atoms with Crippen LogP contribution in [0.4, 0.5) is 0 Å². The van der Waals surface area contributed by atoms with E-state index in [1.165, 1.54) is 11.5 Å². The number of carbonyl (C=O) groups excluding carboxylic acids is 1. The fraction of sp³-hybridized carbons (Fsp3) is 0.523. The smallest absolute Gasteiger partial charge is 0.343 e. The monoisotopic (exact) mass is 669 g/mol. The van der Waals surface area contributed by atoms with Crippen molar-refractivity contribution in [3.8, 4) is 22.6 Å². The third kappa shape index (κ3) is 9.15. The van der Waals surface area contributed by atoms with Crippen LogP contribution in [0, 0.1) is 5.92 Å². The average molecular weight is 670 g/mol. The van der Waals surface area contributed by atoms with Crippen LogP contribution in [0.1, 0.15) is 172 Å². The maximum absolute atomic E-state index is 14.3. The van der Waals surface area contributed by atoms with Gasteiger partial charge in [-0.05, 0) is 75.2 Å². The van der Waals surface area contributed by atoms with Gasteiger partial charge in [0, 0.05) is 27.8 Å². The molecule has 0 amide bonds. The van der Waals surface area contributed by atoms with E-state index in [-0.39, 0.29) is 16.7 Å². The van der Waals surface area contributed by atoms with E-state index in [2.05, 4.69) is 39.8 Å². The van der Waals surface area contributed by atoms with Gasteiger partial charge in [-0.25, -0.2) is 9.59 Å². The Bertz CT molecular complexity index is 1650. The average Bonchev–Trinajstić information content (AvgIpc) is 3.68. The minimum absolute atomic E-state index is 0.180. The molecule has 3 aromatic carbocycles. The molecule has 0 bridgehead atoms. The fourth-order valence-corrected chi connectivity index (χ4v) is 6.07. The lowest BCUT2D eigenvalue weighted by Gasteiger charge is -2.33. The first kappa shape index (κ1) is 39.8. The summed E-state index contributed by atoms with van der Waals surface area (Å²) >= 11 is 0. The van der Waals surface area contributed by atoms with Gasteiger partial charge in [-0.15, -0.1) is 0 Å². The van der Waals surface area contributed by atoms with Crippen molar-refractivity contribution in [3.05, 3.63) is 87.3 Å². The zero-order valence-corrected chi connectivity index (χ0v) is 33.1. The van der Waals surface area contributed by atoms with Crippen molar-refractivity contribution in [2.24, 2.45) is 0 Å². The van der Waals surface area contributed by atoms with Crippen molar-refractivity contribution in [2.45, 2.75) is 151 Å². The number of hydrogen-bond donors (Lipinski definition) is 2. The van der Waals surface area contributed by atoms with Gasteiger partial charge >= 0.3 is 11.9 Å². The van der Waals surface area contributed by atoms with Gasteiger partial charge in [0.1, 0.15) is 11.5 Å². The summed E-state index contributed by atoms with van der Waals surface area (Å²) in [5.41, 5.74) is 3.98. The number of rotatable bonds is 5. The second kappa shape index (κ2) is 13.6. The topological polar surface area (TPSA) is 83.8 Å². The fourth-order valence-electron chi connectivity index (χ4n) is 6.07. The second-order valence-electron chi connectivity index (χ2n) is 18.8. The molecule has 0 saturated heterocycles. The van der Waals surface area contributed by atoms with E-state index < -0.39 is 33.6 Å². The number of aromatic hydroxyl groups is 1. The molecular formula is C44H61O5. The number of carbonyl (C=O) groups is 2. The van der Waals surface area contributed by atoms with Crippen LogP contribution in [0.15, 0.2) is 42.5 Å². The summed E-state index contributed by atoms with van der Waals surface area (Å²) in [4.78, 5) is 27.2. The van der Waals surface area contributed by atoms with E-state index in [0.29, 0.717) is 39.1 Å². The first-order valence-electron chi connectivity index (χ1n) is 17.5. The van der Waals surface area contributed by atoms with Crippen molar-refractivity contribution in [1.29, 1.82) is 0 Å². The van der Waals surface area contributed by atoms with Gasteiger partial charge in [-0.1, -0.05) is 135 Å². The molecule has 49 heavy (non-hydrogen) atoms. The largest absolute Gasteiger partial charge is 0.507 e. The van der Waals surface area contributed by atoms with Crippen LogP contribution in [0.25, 0.3) is 11.1 Å². The third-order valence-electron chi connectivity index (χ3n) is 9.10. The van der Waals surface area contributed by atoms with E-state index in [1.807, 2.05) is 95.2 Å². The second-order valence-corrected chi connectivity index (χ2v) is 18.8. The van der Waals surface area contributed by atoms with Gasteiger partial charge in [0.2, 0.25) is 0 Å². The Kier molecular flexibility index (Phi) is 11.1. The van der Waals surface area contributed by atoms with Crippen molar-refractivity contribution < 1.29 is 24.5 Å². The molecule has 1 radical (unpaired) electrons. The molecule has 2 N–H and O–H groups in total. The van der Waals surface area contributed by atoms with Crippen LogP contribution in [-0.2, 0) is 27.1 Å². The maximum atomic E-state index is 14.3. The highest BCUT2D eigenvalue weighted by atomic mass is 16.5. The molecule has 0 unspecified atom stereocenters. The zero-order chi connectivity index (χ0) is 37.7. The molecule has 4 rings (SSSR count). The Morgan fingerprint density at radius 2 is 1.12 bits per heavy atom. The van der Waals surface area contributed by atoms with Crippen molar-refractivity contribution in [2.75, 3.05) is 0 Å². The summed E-state index contributed by atoms with van der Waals surface area (Å²) in [7, 11) is 0. The molecule has 0 heterocycles. The molecule has 0 atom stereocenters. The van der Waals surface area contributed by atoms with Gasteiger partial charge < -0.3 is 14.9 Å². The minimum Gasteiger partial charge on any atom is -0.507 e. The van der Waals surface area contributed by atoms with E-state index in [4.69, 9.17) is 4.74 Å². The van der Waals surface area contributed by atoms with E-state index in [9.17, 15) is 19.8 Å². The molecule has 5 nitrogen and oxygen atoms in total. The van der Waals surface area contributed by atoms with E-state index in [1.54, 1.807) is 18.2 Å². The minimum atomic E-state index is -1.03. The predicted molar refractivity (Wildman–Crippen MR) is 204 cm³/mol. The molecule has 5 heteroatoms. The molecule has 0 aliphatic heterocycles. The van der Waals surface area contributed by atoms with Gasteiger partial charge in [0.25, 0.3) is 0 Å². The molecule has 267 valence electrons. The summed E-state index contributed by atoms with van der Waals surface area (Å²) in [5, 5.41) is 21.8. The predicted octanol–water partition coefficient (Wildman–Crippen LogP) is 11.8. The number of phenols is 1. The first-order valence-corrected chi connectivity index (χ1v) is 17.5. The number of esters is 1. The van der Waals surface area contributed by atoms with Crippen LogP contribution in [0.2, 0.25) is 0 Å². The summed E-state index contributed by atoms with van der Waals surface area (Å²) in [6.07, 6.45) is 2.29. The molecule has 1 aliphatic carbocycles. The lowest BCUT2D eigenvalue weighted by atomic mass is 9.74. The molecule has 0 aromatic heterocycles. The van der Waals surface area contributed by atoms with Crippen molar-refractivity contribution in [3.63, 3.8) is 0 Å². The molecule has 3 aromatic rings. The number of benzene rings is 3. The number of hydrogen-bond acceptors (Lipinski definition) is 4. The third-order valence-corrected chi connectivity index (χ3v) is 9.10. The van der Waals surface area contributed by atoms with E-state index >= 15 is 0 Å². The molecule has 1 aliphatic rings. The molecule has 0 spiro atoms.